The van der Waals surface area contributed by atoms with Gasteiger partial charge in [-0.2, -0.15) is 0 Å². The van der Waals surface area contributed by atoms with Crippen molar-refractivity contribution in [3.8, 4) is 0 Å². The third-order valence-electron chi connectivity index (χ3n) is 10.6. The predicted molar refractivity (Wildman–Crippen MR) is 242 cm³/mol. The van der Waals surface area contributed by atoms with Crippen molar-refractivity contribution in [1.82, 2.24) is 0 Å². The first-order chi connectivity index (χ1) is 27.2. The fourth-order valence-corrected chi connectivity index (χ4v) is 6.98. The molecule has 0 saturated carbocycles. The molecule has 55 heavy (non-hydrogen) atoms. The minimum Gasteiger partial charge on any atom is -0.457 e. The molecule has 1 unspecified atom stereocenters. The van der Waals surface area contributed by atoms with Crippen molar-refractivity contribution in [2.24, 2.45) is 0 Å². The first-order valence-electron chi connectivity index (χ1n) is 24.2. The van der Waals surface area contributed by atoms with E-state index < -0.39 is 6.10 Å². The summed E-state index contributed by atoms with van der Waals surface area (Å²) < 4.78 is 11.2. The highest BCUT2D eigenvalue weighted by atomic mass is 16.6. The van der Waals surface area contributed by atoms with Crippen molar-refractivity contribution >= 4 is 5.97 Å². The molecule has 0 aliphatic rings. The fourth-order valence-electron chi connectivity index (χ4n) is 6.98. The van der Waals surface area contributed by atoms with Gasteiger partial charge in [-0.1, -0.05) is 210 Å². The SMILES string of the molecule is CCCCC/C=C\C/C=C\C/C=C\CCCCCCCCC(=O)OC(CO)COCCCCCCCCCCCCCC/C=C\CCCCCCCCCC. The van der Waals surface area contributed by atoms with Crippen molar-refractivity contribution in [1.29, 1.82) is 0 Å². The number of hydrogen-bond acceptors (Lipinski definition) is 4. The molecule has 322 valence electrons. The molecule has 0 aromatic carbocycles. The van der Waals surface area contributed by atoms with Crippen LogP contribution in [0.2, 0.25) is 0 Å². The van der Waals surface area contributed by atoms with Gasteiger partial charge in [-0.05, 0) is 77.0 Å². The zero-order valence-corrected chi connectivity index (χ0v) is 36.9. The van der Waals surface area contributed by atoms with Crippen LogP contribution in [0.25, 0.3) is 0 Å². The van der Waals surface area contributed by atoms with Crippen molar-refractivity contribution in [3.05, 3.63) is 48.6 Å². The number of carbonyl (C=O) groups excluding carboxylic acids is 1. The molecule has 1 N–H and O–H groups in total. The third kappa shape index (κ3) is 46.6. The Morgan fingerprint density at radius 3 is 1.20 bits per heavy atom. The number of aliphatic hydroxyl groups excluding tert-OH is 1. The molecule has 0 saturated heterocycles. The van der Waals surface area contributed by atoms with E-state index in [2.05, 4.69) is 62.5 Å². The van der Waals surface area contributed by atoms with Gasteiger partial charge in [0.25, 0.3) is 0 Å². The Morgan fingerprint density at radius 2 is 0.764 bits per heavy atom. The van der Waals surface area contributed by atoms with E-state index in [1.165, 1.54) is 180 Å². The van der Waals surface area contributed by atoms with Gasteiger partial charge in [0.2, 0.25) is 0 Å². The lowest BCUT2D eigenvalue weighted by Crippen LogP contribution is -2.27. The number of ether oxygens (including phenoxy) is 2. The van der Waals surface area contributed by atoms with Crippen LogP contribution in [0, 0.1) is 0 Å². The lowest BCUT2D eigenvalue weighted by atomic mass is 10.0. The second-order valence-electron chi connectivity index (χ2n) is 16.2. The van der Waals surface area contributed by atoms with Crippen LogP contribution in [0.5, 0.6) is 0 Å². The predicted octanol–water partition coefficient (Wildman–Crippen LogP) is 16.2. The van der Waals surface area contributed by atoms with E-state index in [0.29, 0.717) is 19.6 Å². The smallest absolute Gasteiger partial charge is 0.306 e. The zero-order valence-electron chi connectivity index (χ0n) is 36.9. The van der Waals surface area contributed by atoms with Crippen LogP contribution >= 0.6 is 0 Å². The van der Waals surface area contributed by atoms with Gasteiger partial charge in [0, 0.05) is 13.0 Å². The lowest BCUT2D eigenvalue weighted by Gasteiger charge is -2.16. The maximum Gasteiger partial charge on any atom is 0.306 e. The van der Waals surface area contributed by atoms with Crippen LogP contribution < -0.4 is 0 Å². The number of esters is 1. The Kier molecular flexibility index (Phi) is 47.0. The second kappa shape index (κ2) is 48.5. The summed E-state index contributed by atoms with van der Waals surface area (Å²) in [5.74, 6) is -0.211. The maximum atomic E-state index is 12.2. The molecule has 4 heteroatoms. The van der Waals surface area contributed by atoms with E-state index in [1.54, 1.807) is 0 Å². The summed E-state index contributed by atoms with van der Waals surface area (Å²) in [5.41, 5.74) is 0. The number of rotatable bonds is 45. The maximum absolute atomic E-state index is 12.2. The monoisotopic (exact) mass is 771 g/mol. The Balaban J connectivity index is 3.42. The molecule has 0 bridgehead atoms. The quantitative estimate of drug-likeness (QED) is 0.0381. The summed E-state index contributed by atoms with van der Waals surface area (Å²) >= 11 is 0. The second-order valence-corrected chi connectivity index (χ2v) is 16.2. The van der Waals surface area contributed by atoms with Crippen LogP contribution in [0.3, 0.4) is 0 Å². The van der Waals surface area contributed by atoms with Crippen molar-refractivity contribution in [3.63, 3.8) is 0 Å². The van der Waals surface area contributed by atoms with Gasteiger partial charge in [-0.3, -0.25) is 4.79 Å². The number of hydrogen-bond donors (Lipinski definition) is 1. The first kappa shape index (κ1) is 53.4. The normalized spacial score (nSPS) is 12.7. The van der Waals surface area contributed by atoms with Crippen LogP contribution in [-0.2, 0) is 14.3 Å². The van der Waals surface area contributed by atoms with Gasteiger partial charge in [0.1, 0.15) is 6.10 Å². The van der Waals surface area contributed by atoms with Crippen LogP contribution in [-0.4, -0.2) is 37.0 Å². The zero-order chi connectivity index (χ0) is 39.8. The molecule has 0 aliphatic heterocycles. The van der Waals surface area contributed by atoms with Gasteiger partial charge in [0.15, 0.2) is 0 Å². The third-order valence-corrected chi connectivity index (χ3v) is 10.6. The summed E-state index contributed by atoms with van der Waals surface area (Å²) in [5, 5.41) is 9.63. The highest BCUT2D eigenvalue weighted by Crippen LogP contribution is 2.15. The Bertz CT molecular complexity index is 859. The van der Waals surface area contributed by atoms with E-state index in [9.17, 15) is 9.90 Å². The minimum absolute atomic E-state index is 0.177. The standard InChI is InChI=1S/C51H94O4/c1-3-5-7-9-11-13-15-17-19-21-23-24-25-26-27-29-31-33-35-37-39-41-43-45-47-54-49-50(48-52)55-51(53)46-44-42-40-38-36-34-32-30-28-22-20-18-16-14-12-10-8-6-4-2/h12,14,18,20-21,23,28,30,50,52H,3-11,13,15-17,19,22,24-27,29,31-49H2,1-2H3/b14-12-,20-18-,23-21-,30-28-. The molecular formula is C51H94O4. The van der Waals surface area contributed by atoms with E-state index in [0.717, 1.165) is 44.9 Å². The molecule has 0 aromatic heterocycles. The highest BCUT2D eigenvalue weighted by molar-refractivity contribution is 5.69. The molecule has 0 spiro atoms. The molecule has 0 amide bonds. The molecule has 4 nitrogen and oxygen atoms in total. The summed E-state index contributed by atoms with van der Waals surface area (Å²) in [6.07, 6.45) is 63.3. The van der Waals surface area contributed by atoms with Crippen LogP contribution in [0.15, 0.2) is 48.6 Å². The number of carbonyl (C=O) groups is 1. The molecule has 0 heterocycles. The minimum atomic E-state index is -0.542. The Labute approximate surface area is 343 Å². The van der Waals surface area contributed by atoms with Gasteiger partial charge in [0.05, 0.1) is 13.2 Å². The van der Waals surface area contributed by atoms with Crippen molar-refractivity contribution in [2.45, 2.75) is 251 Å². The van der Waals surface area contributed by atoms with Crippen LogP contribution in [0.1, 0.15) is 245 Å². The largest absolute Gasteiger partial charge is 0.457 e. The molecule has 0 rings (SSSR count). The first-order valence-corrected chi connectivity index (χ1v) is 24.2. The van der Waals surface area contributed by atoms with E-state index >= 15 is 0 Å². The Hall–Kier alpha value is -1.65. The van der Waals surface area contributed by atoms with Gasteiger partial charge in [-0.25, -0.2) is 0 Å². The fraction of sp³-hybridized carbons (Fsp3) is 0.824. The molecule has 0 aromatic rings. The van der Waals surface area contributed by atoms with E-state index in [1.807, 2.05) is 0 Å². The lowest BCUT2D eigenvalue weighted by molar-refractivity contribution is -0.154. The summed E-state index contributed by atoms with van der Waals surface area (Å²) in [6.45, 7) is 5.33. The van der Waals surface area contributed by atoms with Gasteiger partial charge >= 0.3 is 5.97 Å². The summed E-state index contributed by atoms with van der Waals surface area (Å²) in [6, 6.07) is 0. The van der Waals surface area contributed by atoms with Crippen molar-refractivity contribution < 1.29 is 19.4 Å². The van der Waals surface area contributed by atoms with Gasteiger partial charge < -0.3 is 14.6 Å². The molecular weight excluding hydrogens is 677 g/mol. The molecule has 0 fully saturated rings. The average molecular weight is 771 g/mol. The van der Waals surface area contributed by atoms with E-state index in [-0.39, 0.29) is 12.6 Å². The Morgan fingerprint density at radius 1 is 0.436 bits per heavy atom. The number of allylic oxidation sites excluding steroid dienone is 8. The molecule has 1 atom stereocenters. The van der Waals surface area contributed by atoms with Gasteiger partial charge in [-0.15, -0.1) is 0 Å². The van der Waals surface area contributed by atoms with Crippen LogP contribution in [0.4, 0.5) is 0 Å². The summed E-state index contributed by atoms with van der Waals surface area (Å²) in [4.78, 5) is 12.2. The molecule has 0 aliphatic carbocycles. The van der Waals surface area contributed by atoms with Crippen molar-refractivity contribution in [2.75, 3.05) is 19.8 Å². The summed E-state index contributed by atoms with van der Waals surface area (Å²) in [7, 11) is 0. The highest BCUT2D eigenvalue weighted by Gasteiger charge is 2.13. The topological polar surface area (TPSA) is 55.8 Å². The average Bonchev–Trinajstić information content (AvgIpc) is 3.19. The van der Waals surface area contributed by atoms with E-state index in [4.69, 9.17) is 9.47 Å². The number of aliphatic hydroxyl groups is 1. The molecule has 0 radical (unpaired) electrons. The number of unbranched alkanes of at least 4 members (excludes halogenated alkanes) is 29.